The van der Waals surface area contributed by atoms with Gasteiger partial charge in [-0.25, -0.2) is 4.98 Å². The van der Waals surface area contributed by atoms with Gasteiger partial charge in [0, 0.05) is 44.2 Å². The quantitative estimate of drug-likeness (QED) is 0.930. The van der Waals surface area contributed by atoms with Gasteiger partial charge >= 0.3 is 0 Å². The molecule has 4 heteroatoms. The lowest BCUT2D eigenvalue weighted by Gasteiger charge is -2.20. The van der Waals surface area contributed by atoms with Crippen LogP contribution in [0.3, 0.4) is 0 Å². The van der Waals surface area contributed by atoms with E-state index in [0.717, 1.165) is 50.6 Å². The van der Waals surface area contributed by atoms with Gasteiger partial charge in [-0.2, -0.15) is 0 Å². The maximum Gasteiger partial charge on any atom is 0.130 e. The lowest BCUT2D eigenvalue weighted by molar-refractivity contribution is 0.140. The third-order valence-corrected chi connectivity index (χ3v) is 3.75. The normalized spacial score (nSPS) is 17.1. The SMILES string of the molecule is CNc1nc2ccccc2cc1CN1CCCOCC1. The van der Waals surface area contributed by atoms with Crippen molar-refractivity contribution in [2.75, 3.05) is 38.7 Å². The van der Waals surface area contributed by atoms with Crippen molar-refractivity contribution in [3.8, 4) is 0 Å². The molecule has 20 heavy (non-hydrogen) atoms. The smallest absolute Gasteiger partial charge is 0.130 e. The number of anilines is 1. The molecule has 0 unspecified atom stereocenters. The van der Waals surface area contributed by atoms with Crippen molar-refractivity contribution >= 4 is 16.7 Å². The van der Waals surface area contributed by atoms with Crippen LogP contribution in [-0.2, 0) is 11.3 Å². The summed E-state index contributed by atoms with van der Waals surface area (Å²) < 4.78 is 5.52. The van der Waals surface area contributed by atoms with Crippen LogP contribution in [0.25, 0.3) is 10.9 Å². The second-order valence-electron chi connectivity index (χ2n) is 5.18. The van der Waals surface area contributed by atoms with Gasteiger partial charge in [-0.15, -0.1) is 0 Å². The molecule has 2 aromatic rings. The molecule has 1 fully saturated rings. The van der Waals surface area contributed by atoms with Gasteiger partial charge in [0.25, 0.3) is 0 Å². The number of benzene rings is 1. The highest BCUT2D eigenvalue weighted by Gasteiger charge is 2.13. The molecule has 0 saturated carbocycles. The molecule has 0 bridgehead atoms. The van der Waals surface area contributed by atoms with E-state index in [1.807, 2.05) is 13.1 Å². The van der Waals surface area contributed by atoms with Crippen molar-refractivity contribution in [1.82, 2.24) is 9.88 Å². The fraction of sp³-hybridized carbons (Fsp3) is 0.438. The molecule has 0 aliphatic carbocycles. The van der Waals surface area contributed by atoms with E-state index in [1.54, 1.807) is 0 Å². The maximum absolute atomic E-state index is 5.52. The number of hydrogen-bond acceptors (Lipinski definition) is 4. The first-order valence-electron chi connectivity index (χ1n) is 7.23. The Morgan fingerprint density at radius 3 is 3.05 bits per heavy atom. The summed E-state index contributed by atoms with van der Waals surface area (Å²) in [4.78, 5) is 7.16. The highest BCUT2D eigenvalue weighted by atomic mass is 16.5. The number of ether oxygens (including phenoxy) is 1. The molecular weight excluding hydrogens is 250 g/mol. The molecule has 1 aliphatic rings. The molecule has 1 aliphatic heterocycles. The van der Waals surface area contributed by atoms with Gasteiger partial charge in [0.2, 0.25) is 0 Å². The molecule has 1 aromatic heterocycles. The minimum absolute atomic E-state index is 0.829. The van der Waals surface area contributed by atoms with E-state index >= 15 is 0 Å². The average Bonchev–Trinajstić information content (AvgIpc) is 2.75. The Balaban J connectivity index is 1.88. The number of para-hydroxylation sites is 1. The first-order chi connectivity index (χ1) is 9.86. The first kappa shape index (κ1) is 13.3. The van der Waals surface area contributed by atoms with Crippen LogP contribution in [0.1, 0.15) is 12.0 Å². The van der Waals surface area contributed by atoms with E-state index in [2.05, 4.69) is 34.5 Å². The molecule has 4 nitrogen and oxygen atoms in total. The van der Waals surface area contributed by atoms with Crippen LogP contribution in [-0.4, -0.2) is 43.2 Å². The summed E-state index contributed by atoms with van der Waals surface area (Å²) in [7, 11) is 1.94. The van der Waals surface area contributed by atoms with Crippen molar-refractivity contribution in [3.05, 3.63) is 35.9 Å². The summed E-state index contributed by atoms with van der Waals surface area (Å²) in [5, 5.41) is 4.43. The summed E-state index contributed by atoms with van der Waals surface area (Å²) in [5.41, 5.74) is 2.30. The van der Waals surface area contributed by atoms with Gasteiger partial charge in [0.15, 0.2) is 0 Å². The topological polar surface area (TPSA) is 37.4 Å². The van der Waals surface area contributed by atoms with Crippen LogP contribution in [0.5, 0.6) is 0 Å². The molecule has 0 atom stereocenters. The Bertz CT molecular complexity index is 577. The molecule has 2 heterocycles. The van der Waals surface area contributed by atoms with E-state index in [9.17, 15) is 0 Å². The highest BCUT2D eigenvalue weighted by molar-refractivity contribution is 5.81. The average molecular weight is 271 g/mol. The summed E-state index contributed by atoms with van der Waals surface area (Å²) in [6, 6.07) is 10.5. The van der Waals surface area contributed by atoms with Gasteiger partial charge in [0.05, 0.1) is 12.1 Å². The predicted molar refractivity (Wildman–Crippen MR) is 82.0 cm³/mol. The summed E-state index contributed by atoms with van der Waals surface area (Å²) in [6.07, 6.45) is 1.11. The largest absolute Gasteiger partial charge is 0.380 e. The monoisotopic (exact) mass is 271 g/mol. The van der Waals surface area contributed by atoms with Crippen LogP contribution in [0.2, 0.25) is 0 Å². The second-order valence-corrected chi connectivity index (χ2v) is 5.18. The Morgan fingerprint density at radius 1 is 1.25 bits per heavy atom. The number of rotatable bonds is 3. The van der Waals surface area contributed by atoms with E-state index in [1.165, 1.54) is 10.9 Å². The minimum atomic E-state index is 0.829. The van der Waals surface area contributed by atoms with E-state index in [4.69, 9.17) is 9.72 Å². The zero-order valence-corrected chi connectivity index (χ0v) is 11.9. The molecule has 0 radical (unpaired) electrons. The van der Waals surface area contributed by atoms with Gasteiger partial charge in [-0.1, -0.05) is 18.2 Å². The van der Waals surface area contributed by atoms with Crippen LogP contribution in [0, 0.1) is 0 Å². The lowest BCUT2D eigenvalue weighted by atomic mass is 10.1. The summed E-state index contributed by atoms with van der Waals surface area (Å²) in [6.45, 7) is 4.73. The number of pyridine rings is 1. The van der Waals surface area contributed by atoms with Crippen LogP contribution < -0.4 is 5.32 Å². The molecule has 106 valence electrons. The minimum Gasteiger partial charge on any atom is -0.380 e. The third kappa shape index (κ3) is 2.92. The van der Waals surface area contributed by atoms with Crippen LogP contribution in [0.4, 0.5) is 5.82 Å². The second kappa shape index (κ2) is 6.20. The first-order valence-corrected chi connectivity index (χ1v) is 7.23. The molecule has 0 amide bonds. The van der Waals surface area contributed by atoms with Gasteiger partial charge in [-0.3, -0.25) is 4.90 Å². The molecule has 0 spiro atoms. The Hall–Kier alpha value is -1.65. The zero-order chi connectivity index (χ0) is 13.8. The Kier molecular flexibility index (Phi) is 4.14. The van der Waals surface area contributed by atoms with Crippen molar-refractivity contribution < 1.29 is 4.74 Å². The number of nitrogens with one attached hydrogen (secondary N) is 1. The fourth-order valence-electron chi connectivity index (χ4n) is 2.69. The number of hydrogen-bond donors (Lipinski definition) is 1. The number of fused-ring (bicyclic) bond motifs is 1. The molecule has 3 rings (SSSR count). The van der Waals surface area contributed by atoms with Crippen molar-refractivity contribution in [3.63, 3.8) is 0 Å². The van der Waals surface area contributed by atoms with Crippen molar-refractivity contribution in [2.45, 2.75) is 13.0 Å². The van der Waals surface area contributed by atoms with Crippen LogP contribution in [0.15, 0.2) is 30.3 Å². The van der Waals surface area contributed by atoms with E-state index in [0.29, 0.717) is 0 Å². The summed E-state index contributed by atoms with van der Waals surface area (Å²) >= 11 is 0. The highest BCUT2D eigenvalue weighted by Crippen LogP contribution is 2.22. The van der Waals surface area contributed by atoms with Crippen molar-refractivity contribution in [1.29, 1.82) is 0 Å². The predicted octanol–water partition coefficient (Wildman–Crippen LogP) is 2.50. The zero-order valence-electron chi connectivity index (χ0n) is 11.9. The molecular formula is C16H21N3O. The molecule has 1 saturated heterocycles. The Labute approximate surface area is 119 Å². The van der Waals surface area contributed by atoms with E-state index in [-0.39, 0.29) is 0 Å². The summed E-state index contributed by atoms with van der Waals surface area (Å²) in [5.74, 6) is 0.980. The molecule has 1 aromatic carbocycles. The van der Waals surface area contributed by atoms with Gasteiger partial charge < -0.3 is 10.1 Å². The molecule has 1 N–H and O–H groups in total. The third-order valence-electron chi connectivity index (χ3n) is 3.75. The van der Waals surface area contributed by atoms with Gasteiger partial charge in [0.1, 0.15) is 5.82 Å². The Morgan fingerprint density at radius 2 is 2.15 bits per heavy atom. The van der Waals surface area contributed by atoms with Crippen LogP contribution >= 0.6 is 0 Å². The van der Waals surface area contributed by atoms with Gasteiger partial charge in [-0.05, 0) is 18.6 Å². The standard InChI is InChI=1S/C16H21N3O/c1-17-16-14(12-19-7-4-9-20-10-8-19)11-13-5-2-3-6-15(13)18-16/h2-3,5-6,11H,4,7-10,12H2,1H3,(H,17,18). The number of aromatic nitrogens is 1. The number of nitrogens with zero attached hydrogens (tertiary/aromatic N) is 2. The fourth-order valence-corrected chi connectivity index (χ4v) is 2.69. The lowest BCUT2D eigenvalue weighted by Crippen LogP contribution is -2.26. The maximum atomic E-state index is 5.52. The van der Waals surface area contributed by atoms with Crippen molar-refractivity contribution in [2.24, 2.45) is 0 Å². The van der Waals surface area contributed by atoms with E-state index < -0.39 is 0 Å².